The first-order chi connectivity index (χ1) is 5.51. The summed E-state index contributed by atoms with van der Waals surface area (Å²) in [5.41, 5.74) is 0.0667. The summed E-state index contributed by atoms with van der Waals surface area (Å²) >= 11 is 0. The van der Waals surface area contributed by atoms with Crippen LogP contribution in [0.1, 0.15) is 26.7 Å². The third kappa shape index (κ3) is 0.415. The van der Waals surface area contributed by atoms with Gasteiger partial charge in [-0.3, -0.25) is 4.79 Å². The minimum absolute atomic E-state index is 0.256. The summed E-state index contributed by atoms with van der Waals surface area (Å²) in [6.45, 7) is 4.50. The van der Waals surface area contributed by atoms with Gasteiger partial charge < -0.3 is 5.11 Å². The Morgan fingerprint density at radius 1 is 1.50 bits per heavy atom. The molecule has 0 heterocycles. The number of rotatable bonds is 1. The van der Waals surface area contributed by atoms with Gasteiger partial charge in [0.15, 0.2) is 0 Å². The van der Waals surface area contributed by atoms with Gasteiger partial charge in [0.05, 0.1) is 5.41 Å². The first kappa shape index (κ1) is 6.93. The van der Waals surface area contributed by atoms with Crippen molar-refractivity contribution in [2.24, 2.45) is 28.6 Å². The largest absolute Gasteiger partial charge is 0.481 e. The lowest BCUT2D eigenvalue weighted by atomic mass is 9.83. The molecule has 0 spiro atoms. The minimum Gasteiger partial charge on any atom is -0.481 e. The van der Waals surface area contributed by atoms with Crippen LogP contribution >= 0.6 is 0 Å². The highest BCUT2D eigenvalue weighted by atomic mass is 16.4. The summed E-state index contributed by atoms with van der Waals surface area (Å²) in [4.78, 5) is 11.1. The summed E-state index contributed by atoms with van der Waals surface area (Å²) in [6.07, 6.45) is 2.15. The third-order valence-corrected chi connectivity index (χ3v) is 4.88. The van der Waals surface area contributed by atoms with Crippen LogP contribution in [0.15, 0.2) is 0 Å². The molecule has 0 radical (unpaired) electrons. The summed E-state index contributed by atoms with van der Waals surface area (Å²) < 4.78 is 0. The number of carbonyl (C=O) groups is 1. The number of carboxylic acid groups (broad SMARTS) is 1. The summed E-state index contributed by atoms with van der Waals surface area (Å²) in [5, 5.41) is 9.14. The minimum atomic E-state index is -0.523. The molecule has 4 fully saturated rings. The molecule has 66 valence electrons. The van der Waals surface area contributed by atoms with E-state index in [1.165, 1.54) is 6.42 Å². The van der Waals surface area contributed by atoms with E-state index in [2.05, 4.69) is 13.8 Å². The molecule has 4 atom stereocenters. The maximum absolute atomic E-state index is 11.1. The molecular weight excluding hydrogens is 152 g/mol. The van der Waals surface area contributed by atoms with Gasteiger partial charge in [-0.25, -0.2) is 0 Å². The van der Waals surface area contributed by atoms with Crippen molar-refractivity contribution in [1.29, 1.82) is 0 Å². The fraction of sp³-hybridized carbons (Fsp3) is 0.900. The van der Waals surface area contributed by atoms with Crippen LogP contribution in [0.25, 0.3) is 0 Å². The summed E-state index contributed by atoms with van der Waals surface area (Å²) in [5.74, 6) is 1.22. The van der Waals surface area contributed by atoms with Gasteiger partial charge in [-0.05, 0) is 36.0 Å². The topological polar surface area (TPSA) is 37.3 Å². The fourth-order valence-electron chi connectivity index (χ4n) is 4.32. The van der Waals surface area contributed by atoms with Crippen molar-refractivity contribution in [3.05, 3.63) is 0 Å². The second-order valence-corrected chi connectivity index (χ2v) is 5.39. The molecular formula is C10H14O2. The monoisotopic (exact) mass is 166 g/mol. The number of hydrogen-bond donors (Lipinski definition) is 1. The van der Waals surface area contributed by atoms with Crippen LogP contribution in [0.5, 0.6) is 0 Å². The van der Waals surface area contributed by atoms with Crippen molar-refractivity contribution in [1.82, 2.24) is 0 Å². The van der Waals surface area contributed by atoms with Gasteiger partial charge in [-0.1, -0.05) is 13.8 Å². The standard InChI is InChI=1S/C10H14O2/c1-9(2)5-3-6-7(9)10(6,4-5)8(11)12/h5-7H,3-4H2,1-2H3,(H,11,12). The summed E-state index contributed by atoms with van der Waals surface area (Å²) in [6, 6.07) is 0. The molecule has 0 aromatic heterocycles. The van der Waals surface area contributed by atoms with E-state index >= 15 is 0 Å². The molecule has 4 aliphatic carbocycles. The Kier molecular flexibility index (Phi) is 0.836. The molecule has 4 saturated carbocycles. The molecule has 2 heteroatoms. The van der Waals surface area contributed by atoms with E-state index < -0.39 is 5.97 Å². The summed E-state index contributed by atoms with van der Waals surface area (Å²) in [7, 11) is 0. The Hall–Kier alpha value is -0.530. The first-order valence-electron chi connectivity index (χ1n) is 4.74. The lowest BCUT2D eigenvalue weighted by Crippen LogP contribution is -2.17. The van der Waals surface area contributed by atoms with Crippen LogP contribution in [-0.4, -0.2) is 11.1 Å². The first-order valence-corrected chi connectivity index (χ1v) is 4.74. The van der Waals surface area contributed by atoms with Crippen LogP contribution in [0.2, 0.25) is 0 Å². The zero-order valence-corrected chi connectivity index (χ0v) is 7.50. The maximum Gasteiger partial charge on any atom is 0.310 e. The van der Waals surface area contributed by atoms with Crippen molar-refractivity contribution in [3.63, 3.8) is 0 Å². The highest BCUT2D eigenvalue weighted by Crippen LogP contribution is 2.85. The van der Waals surface area contributed by atoms with Crippen molar-refractivity contribution < 1.29 is 9.90 Å². The molecule has 12 heavy (non-hydrogen) atoms. The Morgan fingerprint density at radius 3 is 2.33 bits per heavy atom. The van der Waals surface area contributed by atoms with Crippen LogP contribution in [0.4, 0.5) is 0 Å². The Labute approximate surface area is 72.0 Å². The van der Waals surface area contributed by atoms with E-state index in [1.807, 2.05) is 0 Å². The zero-order chi connectivity index (χ0) is 8.72. The van der Waals surface area contributed by atoms with Crippen LogP contribution in [-0.2, 0) is 4.79 Å². The fourth-order valence-corrected chi connectivity index (χ4v) is 4.32. The normalized spacial score (nSPS) is 57.3. The van der Waals surface area contributed by atoms with E-state index in [1.54, 1.807) is 0 Å². The molecule has 1 N–H and O–H groups in total. The van der Waals surface area contributed by atoms with Crippen molar-refractivity contribution in [2.45, 2.75) is 26.7 Å². The van der Waals surface area contributed by atoms with Crippen molar-refractivity contribution in [3.8, 4) is 0 Å². The number of aliphatic carboxylic acids is 1. The van der Waals surface area contributed by atoms with Gasteiger partial charge in [-0.15, -0.1) is 0 Å². The van der Waals surface area contributed by atoms with E-state index in [4.69, 9.17) is 5.11 Å². The Morgan fingerprint density at radius 2 is 2.17 bits per heavy atom. The SMILES string of the molecule is CC1(C)C2CC3C1C3(C(=O)O)C2. The van der Waals surface area contributed by atoms with Crippen LogP contribution in [0, 0.1) is 28.6 Å². The molecule has 0 aromatic carbocycles. The van der Waals surface area contributed by atoms with Gasteiger partial charge in [0.1, 0.15) is 0 Å². The molecule has 0 amide bonds. The molecule has 4 rings (SSSR count). The third-order valence-electron chi connectivity index (χ3n) is 4.88. The lowest BCUT2D eigenvalue weighted by Gasteiger charge is -2.22. The van der Waals surface area contributed by atoms with E-state index in [0.29, 0.717) is 23.2 Å². The Balaban J connectivity index is 2.07. The van der Waals surface area contributed by atoms with Gasteiger partial charge in [-0.2, -0.15) is 0 Å². The number of carboxylic acids is 1. The van der Waals surface area contributed by atoms with Crippen molar-refractivity contribution in [2.75, 3.05) is 0 Å². The predicted molar refractivity (Wildman–Crippen MR) is 43.6 cm³/mol. The Bertz CT molecular complexity index is 282. The van der Waals surface area contributed by atoms with E-state index in [9.17, 15) is 4.79 Å². The molecule has 4 unspecified atom stereocenters. The van der Waals surface area contributed by atoms with Crippen LogP contribution < -0.4 is 0 Å². The van der Waals surface area contributed by atoms with Gasteiger partial charge in [0, 0.05) is 0 Å². The van der Waals surface area contributed by atoms with Gasteiger partial charge >= 0.3 is 5.97 Å². The average Bonchev–Trinajstić information content (AvgIpc) is 2.27. The molecule has 0 aromatic rings. The average molecular weight is 166 g/mol. The predicted octanol–water partition coefficient (Wildman–Crippen LogP) is 1.75. The van der Waals surface area contributed by atoms with E-state index in [0.717, 1.165) is 6.42 Å². The van der Waals surface area contributed by atoms with Crippen LogP contribution in [0.3, 0.4) is 0 Å². The maximum atomic E-state index is 11.1. The van der Waals surface area contributed by atoms with E-state index in [-0.39, 0.29) is 5.41 Å². The highest BCUT2D eigenvalue weighted by molar-refractivity contribution is 5.82. The smallest absolute Gasteiger partial charge is 0.310 e. The quantitative estimate of drug-likeness (QED) is 0.644. The molecule has 4 aliphatic rings. The zero-order valence-electron chi connectivity index (χ0n) is 7.50. The van der Waals surface area contributed by atoms with Crippen molar-refractivity contribution >= 4 is 5.97 Å². The highest BCUT2D eigenvalue weighted by Gasteiger charge is 2.84. The second kappa shape index (κ2) is 1.45. The number of hydrogen-bond acceptors (Lipinski definition) is 1. The molecule has 0 saturated heterocycles. The molecule has 0 aliphatic heterocycles. The molecule has 4 bridgehead atoms. The second-order valence-electron chi connectivity index (χ2n) is 5.39. The van der Waals surface area contributed by atoms with Gasteiger partial charge in [0.25, 0.3) is 0 Å². The molecule has 2 nitrogen and oxygen atoms in total. The van der Waals surface area contributed by atoms with Gasteiger partial charge in [0.2, 0.25) is 0 Å². The lowest BCUT2D eigenvalue weighted by molar-refractivity contribution is -0.144.